The standard InChI is InChI=1S/C10H6Cl4O2/c11-6-3-1-2-4(10(15)16)5(3)7(12)9(14)8(6)13/h4H,1-2H2,(H,15,16). The van der Waals surface area contributed by atoms with Gasteiger partial charge < -0.3 is 5.11 Å². The molecule has 1 N–H and O–H groups in total. The number of rotatable bonds is 1. The zero-order valence-electron chi connectivity index (χ0n) is 7.86. The van der Waals surface area contributed by atoms with Gasteiger partial charge in [-0.05, 0) is 24.0 Å². The van der Waals surface area contributed by atoms with Crippen LogP contribution in [0.25, 0.3) is 0 Å². The van der Waals surface area contributed by atoms with Gasteiger partial charge in [0.05, 0.1) is 26.0 Å². The number of carbonyl (C=O) groups is 1. The lowest BCUT2D eigenvalue weighted by molar-refractivity contribution is -0.138. The van der Waals surface area contributed by atoms with E-state index in [1.54, 1.807) is 0 Å². The van der Waals surface area contributed by atoms with Crippen LogP contribution in [0.5, 0.6) is 0 Å². The summed E-state index contributed by atoms with van der Waals surface area (Å²) >= 11 is 23.8. The van der Waals surface area contributed by atoms with Crippen LogP contribution in [0.3, 0.4) is 0 Å². The number of carboxylic acid groups (broad SMARTS) is 1. The van der Waals surface area contributed by atoms with Crippen molar-refractivity contribution in [2.24, 2.45) is 0 Å². The van der Waals surface area contributed by atoms with Crippen LogP contribution in [0, 0.1) is 0 Å². The lowest BCUT2D eigenvalue weighted by Crippen LogP contribution is -2.08. The van der Waals surface area contributed by atoms with Crippen LogP contribution >= 0.6 is 46.4 Å². The topological polar surface area (TPSA) is 37.3 Å². The van der Waals surface area contributed by atoms with E-state index in [0.717, 1.165) is 0 Å². The first kappa shape index (κ1) is 12.3. The SMILES string of the molecule is O=C(O)C1CCc2c(Cl)c(Cl)c(Cl)c(Cl)c21. The second-order valence-corrected chi connectivity index (χ2v) is 5.09. The Morgan fingerprint density at radius 3 is 2.19 bits per heavy atom. The lowest BCUT2D eigenvalue weighted by atomic mass is 10.0. The third-order valence-electron chi connectivity index (χ3n) is 2.73. The van der Waals surface area contributed by atoms with Crippen molar-refractivity contribution in [3.63, 3.8) is 0 Å². The maximum Gasteiger partial charge on any atom is 0.311 e. The molecule has 0 saturated carbocycles. The molecule has 1 aliphatic rings. The third kappa shape index (κ3) is 1.68. The highest BCUT2D eigenvalue weighted by atomic mass is 35.5. The summed E-state index contributed by atoms with van der Waals surface area (Å²) in [5.74, 6) is -1.56. The summed E-state index contributed by atoms with van der Waals surface area (Å²) in [6, 6.07) is 0. The Morgan fingerprint density at radius 1 is 1.06 bits per heavy atom. The summed E-state index contributed by atoms with van der Waals surface area (Å²) in [6.07, 6.45) is 1.03. The smallest absolute Gasteiger partial charge is 0.311 e. The number of benzene rings is 1. The van der Waals surface area contributed by atoms with E-state index in [1.165, 1.54) is 0 Å². The van der Waals surface area contributed by atoms with E-state index in [2.05, 4.69) is 0 Å². The summed E-state index contributed by atoms with van der Waals surface area (Å²) < 4.78 is 0. The maximum absolute atomic E-state index is 11.0. The Hall–Kier alpha value is -0.150. The molecule has 2 rings (SSSR count). The molecule has 0 radical (unpaired) electrons. The highest BCUT2D eigenvalue weighted by molar-refractivity contribution is 6.52. The summed E-state index contributed by atoms with van der Waals surface area (Å²) in [4.78, 5) is 11.0. The minimum absolute atomic E-state index is 0.125. The van der Waals surface area contributed by atoms with Gasteiger partial charge >= 0.3 is 5.97 Å². The van der Waals surface area contributed by atoms with E-state index >= 15 is 0 Å². The number of aliphatic carboxylic acids is 1. The normalized spacial score (nSPS) is 18.6. The predicted octanol–water partition coefficient (Wildman–Crippen LogP) is 4.41. The molecular formula is C10H6Cl4O2. The van der Waals surface area contributed by atoms with Gasteiger partial charge in [0, 0.05) is 0 Å². The molecule has 0 aromatic heterocycles. The van der Waals surface area contributed by atoms with Crippen molar-refractivity contribution in [2.75, 3.05) is 0 Å². The molecule has 1 aromatic carbocycles. The molecule has 1 unspecified atom stereocenters. The van der Waals surface area contributed by atoms with E-state index in [0.29, 0.717) is 29.0 Å². The number of hydrogen-bond donors (Lipinski definition) is 1. The second-order valence-electron chi connectivity index (χ2n) is 3.58. The summed E-state index contributed by atoms with van der Waals surface area (Å²) in [6.45, 7) is 0. The van der Waals surface area contributed by atoms with Gasteiger partial charge in [-0.1, -0.05) is 46.4 Å². The van der Waals surface area contributed by atoms with Gasteiger partial charge in [-0.2, -0.15) is 0 Å². The first-order valence-corrected chi connectivity index (χ1v) is 6.03. The Balaban J connectivity index is 2.72. The van der Waals surface area contributed by atoms with Crippen molar-refractivity contribution >= 4 is 52.4 Å². The Labute approximate surface area is 112 Å². The lowest BCUT2D eigenvalue weighted by Gasteiger charge is -2.12. The van der Waals surface area contributed by atoms with Crippen molar-refractivity contribution in [3.8, 4) is 0 Å². The van der Waals surface area contributed by atoms with E-state index in [1.807, 2.05) is 0 Å². The molecule has 0 bridgehead atoms. The van der Waals surface area contributed by atoms with Crippen molar-refractivity contribution in [1.29, 1.82) is 0 Å². The first-order valence-electron chi connectivity index (χ1n) is 4.52. The van der Waals surface area contributed by atoms with Crippen LogP contribution in [0.15, 0.2) is 0 Å². The van der Waals surface area contributed by atoms with E-state index in [4.69, 9.17) is 51.5 Å². The number of hydrogen-bond acceptors (Lipinski definition) is 1. The van der Waals surface area contributed by atoms with Gasteiger partial charge in [0.1, 0.15) is 0 Å². The van der Waals surface area contributed by atoms with Crippen molar-refractivity contribution in [3.05, 3.63) is 31.2 Å². The van der Waals surface area contributed by atoms with Crippen LogP contribution in [0.4, 0.5) is 0 Å². The molecule has 1 aliphatic carbocycles. The minimum atomic E-state index is -0.921. The molecule has 0 saturated heterocycles. The third-order valence-corrected chi connectivity index (χ3v) is 4.59. The Morgan fingerprint density at radius 2 is 1.62 bits per heavy atom. The molecule has 6 heteroatoms. The van der Waals surface area contributed by atoms with Gasteiger partial charge in [-0.3, -0.25) is 4.79 Å². The van der Waals surface area contributed by atoms with Crippen LogP contribution in [-0.4, -0.2) is 11.1 Å². The van der Waals surface area contributed by atoms with Crippen LogP contribution in [0.1, 0.15) is 23.5 Å². The van der Waals surface area contributed by atoms with Gasteiger partial charge in [0.25, 0.3) is 0 Å². The predicted molar refractivity (Wildman–Crippen MR) is 65.2 cm³/mol. The molecule has 2 nitrogen and oxygen atoms in total. The average Bonchev–Trinajstić information content (AvgIpc) is 2.67. The number of carboxylic acids is 1. The molecule has 0 aliphatic heterocycles. The van der Waals surface area contributed by atoms with Gasteiger partial charge in [-0.15, -0.1) is 0 Å². The molecule has 1 atom stereocenters. The van der Waals surface area contributed by atoms with E-state index in [-0.39, 0.29) is 15.1 Å². The zero-order chi connectivity index (χ0) is 12.0. The van der Waals surface area contributed by atoms with Crippen molar-refractivity contribution < 1.29 is 9.90 Å². The minimum Gasteiger partial charge on any atom is -0.481 e. The van der Waals surface area contributed by atoms with E-state index < -0.39 is 11.9 Å². The van der Waals surface area contributed by atoms with E-state index in [9.17, 15) is 4.79 Å². The summed E-state index contributed by atoms with van der Waals surface area (Å²) in [7, 11) is 0. The van der Waals surface area contributed by atoms with Crippen molar-refractivity contribution in [2.45, 2.75) is 18.8 Å². The fraction of sp³-hybridized carbons (Fsp3) is 0.300. The van der Waals surface area contributed by atoms with Crippen LogP contribution < -0.4 is 0 Å². The summed E-state index contributed by atoms with van der Waals surface area (Å²) in [5, 5.41) is 9.89. The van der Waals surface area contributed by atoms with Crippen LogP contribution in [-0.2, 0) is 11.2 Å². The molecular weight excluding hydrogens is 294 g/mol. The van der Waals surface area contributed by atoms with Gasteiger partial charge in [0.2, 0.25) is 0 Å². The highest BCUT2D eigenvalue weighted by Gasteiger charge is 2.34. The largest absolute Gasteiger partial charge is 0.481 e. The molecule has 0 heterocycles. The molecule has 86 valence electrons. The number of halogens is 4. The average molecular weight is 300 g/mol. The molecule has 0 amide bonds. The molecule has 1 aromatic rings. The van der Waals surface area contributed by atoms with Gasteiger partial charge in [-0.25, -0.2) is 0 Å². The summed E-state index contributed by atoms with van der Waals surface area (Å²) in [5.41, 5.74) is 1.21. The monoisotopic (exact) mass is 298 g/mol. The number of fused-ring (bicyclic) bond motifs is 1. The van der Waals surface area contributed by atoms with Crippen molar-refractivity contribution in [1.82, 2.24) is 0 Å². The zero-order valence-corrected chi connectivity index (χ0v) is 10.9. The maximum atomic E-state index is 11.0. The fourth-order valence-electron chi connectivity index (χ4n) is 1.98. The van der Waals surface area contributed by atoms with Crippen LogP contribution in [0.2, 0.25) is 20.1 Å². The van der Waals surface area contributed by atoms with Gasteiger partial charge in [0.15, 0.2) is 0 Å². The quantitative estimate of drug-likeness (QED) is 0.616. The Kier molecular flexibility index (Phi) is 3.28. The Bertz CT molecular complexity index is 484. The fourth-order valence-corrected chi connectivity index (χ4v) is 3.11. The first-order chi connectivity index (χ1) is 7.45. The highest BCUT2D eigenvalue weighted by Crippen LogP contribution is 2.48. The molecule has 16 heavy (non-hydrogen) atoms. The molecule has 0 fully saturated rings. The molecule has 0 spiro atoms. The second kappa shape index (κ2) is 4.26.